The van der Waals surface area contributed by atoms with E-state index in [9.17, 15) is 9.59 Å². The molecule has 1 saturated heterocycles. The van der Waals surface area contributed by atoms with Gasteiger partial charge in [0.2, 0.25) is 11.8 Å². The van der Waals surface area contributed by atoms with Crippen molar-refractivity contribution in [3.05, 3.63) is 40.4 Å². The van der Waals surface area contributed by atoms with Crippen molar-refractivity contribution in [2.45, 2.75) is 13.3 Å². The van der Waals surface area contributed by atoms with Crippen LogP contribution in [-0.4, -0.2) is 11.8 Å². The fourth-order valence-corrected chi connectivity index (χ4v) is 3.54. The minimum absolute atomic E-state index is 0.0706. The summed E-state index contributed by atoms with van der Waals surface area (Å²) in [7, 11) is 0. The van der Waals surface area contributed by atoms with Crippen LogP contribution in [0.5, 0.6) is 0 Å². The van der Waals surface area contributed by atoms with Gasteiger partial charge in [-0.05, 0) is 30.5 Å². The van der Waals surface area contributed by atoms with Gasteiger partial charge in [-0.25, -0.2) is 4.90 Å². The maximum Gasteiger partial charge on any atom is 0.238 e. The highest BCUT2D eigenvalue weighted by Crippen LogP contribution is 2.42. The zero-order valence-electron chi connectivity index (χ0n) is 10.8. The molecule has 1 aliphatic carbocycles. The Kier molecular flexibility index (Phi) is 3.35. The van der Waals surface area contributed by atoms with Gasteiger partial charge in [0, 0.05) is 5.02 Å². The minimum atomic E-state index is -0.278. The Morgan fingerprint density at radius 1 is 1.20 bits per heavy atom. The molecule has 0 N–H and O–H groups in total. The van der Waals surface area contributed by atoms with Gasteiger partial charge in [-0.1, -0.05) is 42.3 Å². The molecule has 0 radical (unpaired) electrons. The summed E-state index contributed by atoms with van der Waals surface area (Å²) in [4.78, 5) is 26.3. The third-order valence-electron chi connectivity index (χ3n) is 4.02. The topological polar surface area (TPSA) is 37.4 Å². The zero-order valence-corrected chi connectivity index (χ0v) is 12.4. The van der Waals surface area contributed by atoms with Gasteiger partial charge in [-0.15, -0.1) is 0 Å². The van der Waals surface area contributed by atoms with Crippen LogP contribution in [0.1, 0.15) is 13.3 Å². The van der Waals surface area contributed by atoms with E-state index in [0.717, 1.165) is 0 Å². The number of amides is 2. The van der Waals surface area contributed by atoms with Crippen molar-refractivity contribution in [3.8, 4) is 0 Å². The Morgan fingerprint density at radius 2 is 1.95 bits per heavy atom. The molecule has 1 fully saturated rings. The van der Waals surface area contributed by atoms with Crippen molar-refractivity contribution in [2.75, 3.05) is 4.90 Å². The van der Waals surface area contributed by atoms with Crippen molar-refractivity contribution in [1.29, 1.82) is 0 Å². The maximum atomic E-state index is 12.6. The molecule has 20 heavy (non-hydrogen) atoms. The van der Waals surface area contributed by atoms with Gasteiger partial charge >= 0.3 is 0 Å². The number of nitrogens with zero attached hydrogens (tertiary/aromatic N) is 1. The standard InChI is InChI=1S/C15H13Cl2NO2/c1-8-3-2-4-10-13(8)15(20)18(14(10)19)12-6-5-9(16)7-11(12)17/h2-3,5-8,10,13H,4H2,1H3. The van der Waals surface area contributed by atoms with Gasteiger partial charge in [0.15, 0.2) is 0 Å². The van der Waals surface area contributed by atoms with E-state index < -0.39 is 0 Å². The van der Waals surface area contributed by atoms with Crippen LogP contribution in [0.3, 0.4) is 0 Å². The fraction of sp³-hybridized carbons (Fsp3) is 0.333. The fourth-order valence-electron chi connectivity index (χ4n) is 3.05. The molecule has 0 bridgehead atoms. The molecule has 3 nitrogen and oxygen atoms in total. The number of benzene rings is 1. The highest BCUT2D eigenvalue weighted by atomic mass is 35.5. The summed E-state index contributed by atoms with van der Waals surface area (Å²) in [6.07, 6.45) is 4.59. The average Bonchev–Trinajstić information content (AvgIpc) is 2.64. The van der Waals surface area contributed by atoms with E-state index in [1.54, 1.807) is 18.2 Å². The molecule has 0 aromatic heterocycles. The number of imide groups is 1. The lowest BCUT2D eigenvalue weighted by molar-refractivity contribution is -0.122. The second-order valence-electron chi connectivity index (χ2n) is 5.26. The van der Waals surface area contributed by atoms with Crippen LogP contribution in [0.25, 0.3) is 0 Å². The van der Waals surface area contributed by atoms with E-state index >= 15 is 0 Å². The van der Waals surface area contributed by atoms with E-state index in [1.165, 1.54) is 4.90 Å². The predicted molar refractivity (Wildman–Crippen MR) is 78.9 cm³/mol. The van der Waals surface area contributed by atoms with E-state index in [1.807, 2.05) is 19.1 Å². The Morgan fingerprint density at radius 3 is 2.60 bits per heavy atom. The predicted octanol–water partition coefficient (Wildman–Crippen LogP) is 3.70. The van der Waals surface area contributed by atoms with Crippen molar-refractivity contribution >= 4 is 40.7 Å². The monoisotopic (exact) mass is 309 g/mol. The number of carbonyl (C=O) groups excluding carboxylic acids is 2. The minimum Gasteiger partial charge on any atom is -0.274 e. The smallest absolute Gasteiger partial charge is 0.238 e. The molecule has 3 unspecified atom stereocenters. The van der Waals surface area contributed by atoms with Crippen LogP contribution < -0.4 is 4.90 Å². The maximum absolute atomic E-state index is 12.6. The van der Waals surface area contributed by atoms with Gasteiger partial charge in [-0.3, -0.25) is 9.59 Å². The molecule has 1 aromatic carbocycles. The summed E-state index contributed by atoms with van der Waals surface area (Å²) < 4.78 is 0. The van der Waals surface area contributed by atoms with E-state index in [0.29, 0.717) is 22.2 Å². The number of hydrogen-bond acceptors (Lipinski definition) is 2. The first kappa shape index (κ1) is 13.7. The van der Waals surface area contributed by atoms with E-state index in [-0.39, 0.29) is 29.6 Å². The molecular weight excluding hydrogens is 297 g/mol. The van der Waals surface area contributed by atoms with E-state index in [4.69, 9.17) is 23.2 Å². The summed E-state index contributed by atoms with van der Waals surface area (Å²) in [5, 5.41) is 0.795. The molecule has 1 heterocycles. The van der Waals surface area contributed by atoms with Crippen LogP contribution in [-0.2, 0) is 9.59 Å². The second-order valence-corrected chi connectivity index (χ2v) is 6.11. The summed E-state index contributed by atoms with van der Waals surface area (Å²) in [5.74, 6) is -0.809. The number of halogens is 2. The first-order valence-electron chi connectivity index (χ1n) is 6.50. The first-order valence-corrected chi connectivity index (χ1v) is 7.26. The van der Waals surface area contributed by atoms with Gasteiger partial charge in [0.05, 0.1) is 22.5 Å². The molecule has 104 valence electrons. The molecule has 1 aliphatic heterocycles. The number of allylic oxidation sites excluding steroid dienone is 2. The van der Waals surface area contributed by atoms with Crippen LogP contribution in [0, 0.1) is 17.8 Å². The Labute approximate surface area is 127 Å². The summed E-state index contributed by atoms with van der Waals surface area (Å²) in [6.45, 7) is 1.96. The lowest BCUT2D eigenvalue weighted by Gasteiger charge is -2.22. The number of hydrogen-bond donors (Lipinski definition) is 0. The number of carbonyl (C=O) groups is 2. The van der Waals surface area contributed by atoms with Crippen LogP contribution in [0.15, 0.2) is 30.4 Å². The van der Waals surface area contributed by atoms with Gasteiger partial charge in [-0.2, -0.15) is 0 Å². The quantitative estimate of drug-likeness (QED) is 0.586. The molecule has 5 heteroatoms. The molecule has 3 rings (SSSR count). The lowest BCUT2D eigenvalue weighted by atomic mass is 9.78. The van der Waals surface area contributed by atoms with Crippen molar-refractivity contribution in [2.24, 2.45) is 17.8 Å². The van der Waals surface area contributed by atoms with Crippen LogP contribution in [0.2, 0.25) is 10.0 Å². The Balaban J connectivity index is 2.03. The summed E-state index contributed by atoms with van der Waals surface area (Å²) in [6, 6.07) is 4.80. The van der Waals surface area contributed by atoms with E-state index in [2.05, 4.69) is 0 Å². The summed E-state index contributed by atoms with van der Waals surface area (Å²) in [5.41, 5.74) is 0.424. The lowest BCUT2D eigenvalue weighted by Crippen LogP contribution is -2.31. The SMILES string of the molecule is CC1C=CCC2C(=O)N(c3ccc(Cl)cc3Cl)C(=O)C12. The molecule has 0 spiro atoms. The van der Waals surface area contributed by atoms with Crippen LogP contribution >= 0.6 is 23.2 Å². The van der Waals surface area contributed by atoms with Gasteiger partial charge < -0.3 is 0 Å². The third-order valence-corrected chi connectivity index (χ3v) is 4.56. The molecule has 2 amide bonds. The molecule has 2 aliphatic rings. The highest BCUT2D eigenvalue weighted by molar-refractivity contribution is 6.38. The third kappa shape index (κ3) is 1.97. The van der Waals surface area contributed by atoms with Crippen molar-refractivity contribution < 1.29 is 9.59 Å². The number of rotatable bonds is 1. The molecule has 3 atom stereocenters. The summed E-state index contributed by atoms with van der Waals surface area (Å²) >= 11 is 12.0. The first-order chi connectivity index (χ1) is 9.50. The number of fused-ring (bicyclic) bond motifs is 1. The van der Waals surface area contributed by atoms with Gasteiger partial charge in [0.1, 0.15) is 0 Å². The zero-order chi connectivity index (χ0) is 14.4. The Bertz CT molecular complexity index is 626. The normalized spacial score (nSPS) is 28.9. The van der Waals surface area contributed by atoms with Crippen LogP contribution in [0.4, 0.5) is 5.69 Å². The second kappa shape index (κ2) is 4.90. The average molecular weight is 310 g/mol. The number of anilines is 1. The molecular formula is C15H13Cl2NO2. The molecule has 0 saturated carbocycles. The highest BCUT2D eigenvalue weighted by Gasteiger charge is 2.50. The largest absolute Gasteiger partial charge is 0.274 e. The van der Waals surface area contributed by atoms with Crippen molar-refractivity contribution in [1.82, 2.24) is 0 Å². The van der Waals surface area contributed by atoms with Crippen molar-refractivity contribution in [3.63, 3.8) is 0 Å². The van der Waals surface area contributed by atoms with Gasteiger partial charge in [0.25, 0.3) is 0 Å². The Hall–Kier alpha value is -1.32. The molecule has 1 aromatic rings.